The molecule has 0 saturated carbocycles. The Bertz CT molecular complexity index is 1180. The quantitative estimate of drug-likeness (QED) is 0.256. The lowest BCUT2D eigenvalue weighted by atomic mass is 9.89. The van der Waals surface area contributed by atoms with E-state index in [0.29, 0.717) is 12.1 Å². The number of H-pyrrole nitrogens is 1. The first-order valence-corrected chi connectivity index (χ1v) is 9.63. The molecule has 0 amide bonds. The number of nitrogens with one attached hydrogen (secondary N) is 1. The Labute approximate surface area is 185 Å². The summed E-state index contributed by atoms with van der Waals surface area (Å²) in [7, 11) is 0. The maximum atomic E-state index is 14.8. The van der Waals surface area contributed by atoms with Gasteiger partial charge in [0.05, 0.1) is 17.7 Å². The average Bonchev–Trinajstić information content (AvgIpc) is 3.26. The molecule has 1 fully saturated rings. The molecule has 4 rings (SSSR count). The van der Waals surface area contributed by atoms with Gasteiger partial charge in [0.2, 0.25) is 4.77 Å². The van der Waals surface area contributed by atoms with E-state index in [-0.39, 0.29) is 28.0 Å². The molecule has 2 unspecified atom stereocenters. The third kappa shape index (κ3) is 4.02. The van der Waals surface area contributed by atoms with Crippen molar-refractivity contribution in [3.8, 4) is 0 Å². The smallest absolute Gasteiger partial charge is 0.354 e. The first kappa shape index (κ1) is 22.7. The Hall–Kier alpha value is -2.44. The van der Waals surface area contributed by atoms with Crippen molar-refractivity contribution in [1.29, 1.82) is 0 Å². The van der Waals surface area contributed by atoms with Gasteiger partial charge in [-0.25, -0.2) is 9.37 Å². The molecule has 32 heavy (non-hydrogen) atoms. The molecule has 4 nitrogen and oxygen atoms in total. The number of nitrogens with zero attached hydrogens (tertiary/aromatic N) is 2. The minimum Gasteiger partial charge on any atom is -0.354 e. The largest absolute Gasteiger partial charge is 0.416 e. The Balaban J connectivity index is 1.88. The number of hydrogen-bond acceptors (Lipinski definition) is 3. The number of hydrogen-bond donors (Lipinski definition) is 1. The van der Waals surface area contributed by atoms with Crippen molar-refractivity contribution in [1.82, 2.24) is 14.8 Å². The van der Waals surface area contributed by atoms with Gasteiger partial charge in [0.15, 0.2) is 0 Å². The van der Waals surface area contributed by atoms with Crippen molar-refractivity contribution < 1.29 is 35.5 Å². The number of rotatable bonds is 4. The van der Waals surface area contributed by atoms with Crippen molar-refractivity contribution in [2.45, 2.75) is 30.6 Å². The first-order chi connectivity index (χ1) is 14.8. The van der Waals surface area contributed by atoms with Crippen LogP contribution in [0.3, 0.4) is 0 Å². The molecule has 2 atom stereocenters. The Morgan fingerprint density at radius 3 is 2.22 bits per heavy atom. The van der Waals surface area contributed by atoms with Crippen LogP contribution >= 0.6 is 23.8 Å². The second kappa shape index (κ2) is 7.56. The average molecular weight is 498 g/mol. The molecular weight excluding hydrogens is 487 g/mol. The zero-order valence-electron chi connectivity index (χ0n) is 15.6. The van der Waals surface area contributed by atoms with E-state index in [9.17, 15) is 30.7 Å². The van der Waals surface area contributed by atoms with E-state index in [0.717, 1.165) is 6.07 Å². The van der Waals surface area contributed by atoms with Crippen LogP contribution in [-0.2, 0) is 29.2 Å². The van der Waals surface area contributed by atoms with Gasteiger partial charge in [-0.3, -0.25) is 9.78 Å². The number of aromatic amines is 1. The predicted octanol–water partition coefficient (Wildman–Crippen LogP) is 6.44. The van der Waals surface area contributed by atoms with Gasteiger partial charge in [0.25, 0.3) is 0 Å². The van der Waals surface area contributed by atoms with Crippen molar-refractivity contribution in [2.24, 2.45) is 0 Å². The van der Waals surface area contributed by atoms with Crippen LogP contribution in [0.5, 0.6) is 0 Å². The van der Waals surface area contributed by atoms with E-state index >= 15 is 0 Å². The third-order valence-corrected chi connectivity index (χ3v) is 5.65. The summed E-state index contributed by atoms with van der Waals surface area (Å²) in [6, 6.07) is 4.79. The monoisotopic (exact) mass is 497 g/mol. The molecule has 170 valence electrons. The number of ether oxygens (including phenoxy) is 1. The van der Waals surface area contributed by atoms with Crippen molar-refractivity contribution in [3.05, 3.63) is 80.6 Å². The lowest BCUT2D eigenvalue weighted by Gasteiger charge is -2.18. The van der Waals surface area contributed by atoms with Crippen LogP contribution in [0.2, 0.25) is 5.02 Å². The van der Waals surface area contributed by atoms with Gasteiger partial charge in [-0.1, -0.05) is 17.7 Å². The summed E-state index contributed by atoms with van der Waals surface area (Å²) in [6.07, 6.45) is -10.2. The minimum atomic E-state index is -5.05. The molecule has 2 heterocycles. The summed E-state index contributed by atoms with van der Waals surface area (Å²) in [4.78, 5) is 3.80. The highest BCUT2D eigenvalue weighted by Crippen LogP contribution is 2.60. The fraction of sp³-hybridized carbons (Fsp3) is 0.263. The van der Waals surface area contributed by atoms with Crippen molar-refractivity contribution in [3.63, 3.8) is 0 Å². The van der Waals surface area contributed by atoms with Crippen molar-refractivity contribution >= 4 is 23.8 Å². The van der Waals surface area contributed by atoms with E-state index < -0.39 is 46.6 Å². The predicted molar refractivity (Wildman–Crippen MR) is 101 cm³/mol. The van der Waals surface area contributed by atoms with Gasteiger partial charge >= 0.3 is 12.4 Å². The Morgan fingerprint density at radius 1 is 1.09 bits per heavy atom. The number of aromatic nitrogens is 3. The van der Waals surface area contributed by atoms with Gasteiger partial charge in [-0.2, -0.15) is 26.3 Å². The van der Waals surface area contributed by atoms with Crippen LogP contribution in [0.15, 0.2) is 42.7 Å². The van der Waals surface area contributed by atoms with Gasteiger partial charge in [0.1, 0.15) is 23.8 Å². The van der Waals surface area contributed by atoms with Crippen LogP contribution in [-0.4, -0.2) is 14.8 Å². The molecule has 1 saturated heterocycles. The van der Waals surface area contributed by atoms with E-state index in [4.69, 9.17) is 28.6 Å². The highest BCUT2D eigenvalue weighted by Gasteiger charge is 2.61. The van der Waals surface area contributed by atoms with E-state index in [1.807, 2.05) is 0 Å². The van der Waals surface area contributed by atoms with Gasteiger partial charge in [-0.15, -0.1) is 0 Å². The molecule has 13 heteroatoms. The summed E-state index contributed by atoms with van der Waals surface area (Å²) in [5.41, 5.74) is -5.39. The molecule has 1 aliphatic rings. The SMILES string of the molecule is Fc1cccc(Cl)c1C1(Cn2[nH]cnc2=S)OC1c1cc(C(F)(F)F)cc(C(F)(F)F)c1. The molecule has 0 spiro atoms. The molecule has 1 aromatic heterocycles. The second-order valence-electron chi connectivity index (χ2n) is 7.08. The maximum absolute atomic E-state index is 14.8. The normalized spacial score (nSPS) is 21.1. The van der Waals surface area contributed by atoms with Crippen LogP contribution in [0.4, 0.5) is 30.7 Å². The summed E-state index contributed by atoms with van der Waals surface area (Å²) < 4.78 is 101. The molecular formula is C19H11ClF7N3OS. The lowest BCUT2D eigenvalue weighted by Crippen LogP contribution is -2.22. The van der Waals surface area contributed by atoms with Gasteiger partial charge in [0, 0.05) is 10.6 Å². The topological polar surface area (TPSA) is 46.1 Å². The lowest BCUT2D eigenvalue weighted by molar-refractivity contribution is -0.143. The zero-order chi connectivity index (χ0) is 23.5. The molecule has 0 aliphatic carbocycles. The zero-order valence-corrected chi connectivity index (χ0v) is 17.1. The van der Waals surface area contributed by atoms with Crippen molar-refractivity contribution in [2.75, 3.05) is 0 Å². The highest BCUT2D eigenvalue weighted by molar-refractivity contribution is 7.71. The summed E-state index contributed by atoms with van der Waals surface area (Å²) in [6.45, 7) is -0.283. The van der Waals surface area contributed by atoms with Crippen LogP contribution in [0, 0.1) is 10.6 Å². The summed E-state index contributed by atoms with van der Waals surface area (Å²) in [5, 5.41) is 2.54. The molecule has 3 aromatic rings. The standard InChI is InChI=1S/C19H11ClF7N3OS/c20-12-2-1-3-13(21)14(12)17(7-30-16(32)28-8-29-30)15(31-17)9-4-10(18(22,23)24)6-11(5-9)19(25,26)27/h1-6,8,15H,7H2,(H,28,29,32). The van der Waals surface area contributed by atoms with E-state index in [1.165, 1.54) is 23.1 Å². The highest BCUT2D eigenvalue weighted by atomic mass is 35.5. The number of benzene rings is 2. The Kier molecular flexibility index (Phi) is 5.37. The second-order valence-corrected chi connectivity index (χ2v) is 7.85. The fourth-order valence-corrected chi connectivity index (χ4v) is 4.06. The van der Waals surface area contributed by atoms with Crippen LogP contribution < -0.4 is 0 Å². The third-order valence-electron chi connectivity index (χ3n) is 5.01. The van der Waals surface area contributed by atoms with Crippen LogP contribution in [0.25, 0.3) is 0 Å². The first-order valence-electron chi connectivity index (χ1n) is 8.85. The molecule has 2 aromatic carbocycles. The van der Waals surface area contributed by atoms with Gasteiger partial charge in [-0.05, 0) is 48.1 Å². The van der Waals surface area contributed by atoms with E-state index in [2.05, 4.69) is 10.1 Å². The number of epoxide rings is 1. The van der Waals surface area contributed by atoms with Crippen LogP contribution in [0.1, 0.15) is 28.4 Å². The molecule has 0 bridgehead atoms. The fourth-order valence-electron chi connectivity index (χ4n) is 3.56. The molecule has 1 aliphatic heterocycles. The Morgan fingerprint density at radius 2 is 1.72 bits per heavy atom. The molecule has 1 N–H and O–H groups in total. The van der Waals surface area contributed by atoms with E-state index in [1.54, 1.807) is 0 Å². The van der Waals surface area contributed by atoms with Gasteiger partial charge < -0.3 is 4.74 Å². The molecule has 0 radical (unpaired) electrons. The minimum absolute atomic E-state index is 0.00856. The summed E-state index contributed by atoms with van der Waals surface area (Å²) >= 11 is 11.2. The number of halogens is 8. The number of alkyl halides is 6. The maximum Gasteiger partial charge on any atom is 0.416 e. The summed E-state index contributed by atoms with van der Waals surface area (Å²) in [5.74, 6) is -0.839.